The molecule has 0 atom stereocenters. The van der Waals surface area contributed by atoms with Gasteiger partial charge in [-0.3, -0.25) is 4.98 Å². The third kappa shape index (κ3) is 3.61. The fourth-order valence-corrected chi connectivity index (χ4v) is 2.66. The van der Waals surface area contributed by atoms with E-state index >= 15 is 0 Å². The summed E-state index contributed by atoms with van der Waals surface area (Å²) >= 11 is 3.79. The molecule has 0 saturated heterocycles. The molecule has 0 fully saturated rings. The highest BCUT2D eigenvalue weighted by Gasteiger charge is 2.13. The number of nitrogens with one attached hydrogen (secondary N) is 1. The number of halogens is 1. The van der Waals surface area contributed by atoms with E-state index in [1.165, 1.54) is 11.3 Å². The zero-order chi connectivity index (χ0) is 13.7. The minimum absolute atomic E-state index is 0.480. The van der Waals surface area contributed by atoms with Crippen molar-refractivity contribution in [2.45, 2.75) is 20.0 Å². The summed E-state index contributed by atoms with van der Waals surface area (Å²) in [5, 5.41) is 3.33. The Morgan fingerprint density at radius 1 is 1.42 bits per heavy atom. The Labute approximate surface area is 130 Å². The number of methoxy groups -OCH3 is 1. The lowest BCUT2D eigenvalue weighted by Gasteiger charge is -2.11. The summed E-state index contributed by atoms with van der Waals surface area (Å²) in [4.78, 5) is 14.2. The first-order valence-corrected chi connectivity index (χ1v) is 7.90. The predicted octanol–water partition coefficient (Wildman–Crippen LogP) is 3.17. The van der Waals surface area contributed by atoms with E-state index in [9.17, 15) is 0 Å². The quantitative estimate of drug-likeness (QED) is 0.768. The molecule has 0 amide bonds. The van der Waals surface area contributed by atoms with Gasteiger partial charge in [0.1, 0.15) is 5.82 Å². The predicted molar refractivity (Wildman–Crippen MR) is 85.4 cm³/mol. The molecule has 1 N–H and O–H groups in total. The van der Waals surface area contributed by atoms with E-state index in [4.69, 9.17) is 4.74 Å². The summed E-state index contributed by atoms with van der Waals surface area (Å²) in [6, 6.07) is 0. The van der Waals surface area contributed by atoms with Crippen molar-refractivity contribution in [1.82, 2.24) is 15.0 Å². The fourth-order valence-electron chi connectivity index (χ4n) is 1.52. The maximum Gasteiger partial charge on any atom is 0.173 e. The van der Waals surface area contributed by atoms with Crippen molar-refractivity contribution in [3.63, 3.8) is 0 Å². The summed E-state index contributed by atoms with van der Waals surface area (Å²) in [7, 11) is 1.67. The number of hydrogen-bond acceptors (Lipinski definition) is 6. The van der Waals surface area contributed by atoms with Gasteiger partial charge in [0.2, 0.25) is 0 Å². The summed E-state index contributed by atoms with van der Waals surface area (Å²) < 4.78 is 6.22. The fraction of sp³-hybridized carbons (Fsp3) is 0.417. The van der Waals surface area contributed by atoms with Crippen molar-refractivity contribution in [2.75, 3.05) is 19.0 Å². The number of aromatic nitrogens is 3. The van der Waals surface area contributed by atoms with Crippen LogP contribution in [0.3, 0.4) is 0 Å². The summed E-state index contributed by atoms with van der Waals surface area (Å²) in [6.45, 7) is 3.50. The van der Waals surface area contributed by atoms with Crippen molar-refractivity contribution in [3.8, 4) is 10.7 Å². The number of rotatable bonds is 6. The van der Waals surface area contributed by atoms with E-state index in [0.717, 1.165) is 32.9 Å². The number of nitrogens with zero attached hydrogens (tertiary/aromatic N) is 3. The number of hydrogen-bond donors (Lipinski definition) is 1. The number of ether oxygens (including phenoxy) is 1. The molecule has 7 heteroatoms. The minimum Gasteiger partial charge on any atom is -0.378 e. The van der Waals surface area contributed by atoms with E-state index in [1.54, 1.807) is 18.8 Å². The lowest BCUT2D eigenvalue weighted by Crippen LogP contribution is -2.09. The molecular formula is C12H15IN4OS. The van der Waals surface area contributed by atoms with Gasteiger partial charge in [-0.25, -0.2) is 9.97 Å². The first-order chi connectivity index (χ1) is 9.26. The number of anilines is 1. The molecule has 19 heavy (non-hydrogen) atoms. The Morgan fingerprint density at radius 3 is 2.89 bits per heavy atom. The molecule has 0 aromatic carbocycles. The van der Waals surface area contributed by atoms with Crippen molar-refractivity contribution in [2.24, 2.45) is 0 Å². The van der Waals surface area contributed by atoms with Crippen LogP contribution in [0.15, 0.2) is 11.7 Å². The minimum atomic E-state index is 0.480. The van der Waals surface area contributed by atoms with E-state index in [2.05, 4.69) is 49.8 Å². The van der Waals surface area contributed by atoms with Crippen LogP contribution in [0.4, 0.5) is 5.82 Å². The molecular weight excluding hydrogens is 375 g/mol. The highest BCUT2D eigenvalue weighted by atomic mass is 127. The largest absolute Gasteiger partial charge is 0.378 e. The molecule has 2 heterocycles. The van der Waals surface area contributed by atoms with Crippen LogP contribution in [-0.4, -0.2) is 28.6 Å². The van der Waals surface area contributed by atoms with E-state index < -0.39 is 0 Å². The Bertz CT molecular complexity index is 533. The first-order valence-electron chi connectivity index (χ1n) is 5.94. The number of thiazole rings is 1. The molecule has 0 aliphatic carbocycles. The lowest BCUT2D eigenvalue weighted by molar-refractivity contribution is 0.181. The van der Waals surface area contributed by atoms with Gasteiger partial charge < -0.3 is 10.1 Å². The Morgan fingerprint density at radius 2 is 2.26 bits per heavy atom. The second-order valence-electron chi connectivity index (χ2n) is 3.88. The third-order valence-electron chi connectivity index (χ3n) is 2.40. The van der Waals surface area contributed by atoms with E-state index in [1.807, 2.05) is 0 Å². The smallest absolute Gasteiger partial charge is 0.173 e. The van der Waals surface area contributed by atoms with Gasteiger partial charge in [-0.2, -0.15) is 0 Å². The Hall–Kier alpha value is -0.800. The zero-order valence-electron chi connectivity index (χ0n) is 10.8. The van der Waals surface area contributed by atoms with Crippen LogP contribution in [0.25, 0.3) is 10.7 Å². The molecule has 5 nitrogen and oxygen atoms in total. The van der Waals surface area contributed by atoms with Gasteiger partial charge in [0, 0.05) is 19.9 Å². The second-order valence-corrected chi connectivity index (χ2v) is 5.85. The topological polar surface area (TPSA) is 59.9 Å². The van der Waals surface area contributed by atoms with Gasteiger partial charge in [-0.15, -0.1) is 11.3 Å². The summed E-state index contributed by atoms with van der Waals surface area (Å²) in [5.74, 6) is 1.57. The molecule has 0 spiro atoms. The third-order valence-corrected chi connectivity index (χ3v) is 4.30. The van der Waals surface area contributed by atoms with Crippen molar-refractivity contribution < 1.29 is 4.74 Å². The molecule has 2 rings (SSSR count). The second kappa shape index (κ2) is 7.11. The van der Waals surface area contributed by atoms with Gasteiger partial charge in [0.05, 0.1) is 26.3 Å². The molecule has 102 valence electrons. The van der Waals surface area contributed by atoms with Gasteiger partial charge in [0.15, 0.2) is 5.82 Å². The summed E-state index contributed by atoms with van der Waals surface area (Å²) in [6.07, 6.45) is 2.84. The van der Waals surface area contributed by atoms with Gasteiger partial charge in [-0.05, 0) is 29.0 Å². The molecule has 2 aromatic rings. The molecule has 0 bridgehead atoms. The van der Waals surface area contributed by atoms with Crippen LogP contribution in [0.5, 0.6) is 0 Å². The Balaban J connectivity index is 2.41. The maximum absolute atomic E-state index is 5.21. The van der Waals surface area contributed by atoms with Crippen LogP contribution in [-0.2, 0) is 11.3 Å². The summed E-state index contributed by atoms with van der Waals surface area (Å²) in [5.41, 5.74) is 2.69. The van der Waals surface area contributed by atoms with Gasteiger partial charge in [0.25, 0.3) is 0 Å². The van der Waals surface area contributed by atoms with Crippen LogP contribution in [0, 0.1) is 3.57 Å². The molecule has 0 unspecified atom stereocenters. The normalized spacial score (nSPS) is 10.7. The highest BCUT2D eigenvalue weighted by Crippen LogP contribution is 2.26. The molecule has 0 radical (unpaired) electrons. The van der Waals surface area contributed by atoms with Crippen molar-refractivity contribution >= 4 is 39.7 Å². The van der Waals surface area contributed by atoms with Crippen LogP contribution in [0.1, 0.15) is 19.0 Å². The van der Waals surface area contributed by atoms with Gasteiger partial charge >= 0.3 is 0 Å². The molecule has 0 aliphatic heterocycles. The van der Waals surface area contributed by atoms with Gasteiger partial charge in [-0.1, -0.05) is 6.92 Å². The average Bonchev–Trinajstić information content (AvgIpc) is 2.94. The van der Waals surface area contributed by atoms with Crippen LogP contribution < -0.4 is 5.32 Å². The molecule has 2 aromatic heterocycles. The lowest BCUT2D eigenvalue weighted by atomic mass is 10.3. The standard InChI is InChI=1S/C12H15IN4OS/c1-3-4-15-12-10(13)8(6-18-2)16-11(17-12)9-5-14-7-19-9/h5,7H,3-4,6H2,1-2H3,(H,15,16,17). The van der Waals surface area contributed by atoms with Crippen molar-refractivity contribution in [1.29, 1.82) is 0 Å². The zero-order valence-corrected chi connectivity index (χ0v) is 13.8. The van der Waals surface area contributed by atoms with Crippen LogP contribution >= 0.6 is 33.9 Å². The highest BCUT2D eigenvalue weighted by molar-refractivity contribution is 14.1. The monoisotopic (exact) mass is 390 g/mol. The maximum atomic E-state index is 5.21. The van der Waals surface area contributed by atoms with Crippen molar-refractivity contribution in [3.05, 3.63) is 21.0 Å². The molecule has 0 saturated carbocycles. The Kier molecular flexibility index (Phi) is 5.46. The van der Waals surface area contributed by atoms with Crippen LogP contribution in [0.2, 0.25) is 0 Å². The van der Waals surface area contributed by atoms with E-state index in [-0.39, 0.29) is 0 Å². The SMILES string of the molecule is CCCNc1nc(-c2cncs2)nc(COC)c1I. The average molecular weight is 390 g/mol. The molecule has 0 aliphatic rings. The van der Waals surface area contributed by atoms with E-state index in [0.29, 0.717) is 12.4 Å². The first kappa shape index (κ1) is 14.6.